The maximum atomic E-state index is 6.42. The second kappa shape index (κ2) is 5.48. The highest BCUT2D eigenvalue weighted by Gasteiger charge is 2.56. The first kappa shape index (κ1) is 12.9. The molecule has 3 fully saturated rings. The SMILES string of the molecule is CCNC1CC(OC2CCOCC2)C12CCCC2. The predicted molar refractivity (Wildman–Crippen MR) is 71.7 cm³/mol. The summed E-state index contributed by atoms with van der Waals surface area (Å²) in [6.45, 7) is 5.09. The Morgan fingerprint density at radius 2 is 1.94 bits per heavy atom. The number of nitrogens with one attached hydrogen (secondary N) is 1. The first-order valence-corrected chi connectivity index (χ1v) is 7.82. The minimum absolute atomic E-state index is 0.462. The second-order valence-electron chi connectivity index (χ2n) is 6.22. The van der Waals surface area contributed by atoms with Gasteiger partial charge in [0, 0.05) is 24.7 Å². The highest BCUT2D eigenvalue weighted by Crippen LogP contribution is 2.55. The predicted octanol–water partition coefficient (Wildman–Crippen LogP) is 2.49. The fourth-order valence-corrected chi connectivity index (χ4v) is 4.22. The molecule has 3 aliphatic rings. The lowest BCUT2D eigenvalue weighted by Gasteiger charge is -2.55. The lowest BCUT2D eigenvalue weighted by Crippen LogP contribution is -2.63. The van der Waals surface area contributed by atoms with Gasteiger partial charge < -0.3 is 14.8 Å². The molecule has 0 aromatic carbocycles. The summed E-state index contributed by atoms with van der Waals surface area (Å²) in [5, 5.41) is 3.68. The zero-order valence-corrected chi connectivity index (χ0v) is 11.6. The lowest BCUT2D eigenvalue weighted by atomic mass is 9.60. The van der Waals surface area contributed by atoms with Gasteiger partial charge in [-0.15, -0.1) is 0 Å². The Morgan fingerprint density at radius 3 is 2.61 bits per heavy atom. The van der Waals surface area contributed by atoms with Crippen LogP contribution in [0.1, 0.15) is 51.9 Å². The summed E-state index contributed by atoms with van der Waals surface area (Å²) < 4.78 is 11.8. The van der Waals surface area contributed by atoms with Crippen molar-refractivity contribution in [3.8, 4) is 0 Å². The van der Waals surface area contributed by atoms with E-state index in [9.17, 15) is 0 Å². The normalized spacial score (nSPS) is 35.8. The fraction of sp³-hybridized carbons (Fsp3) is 1.00. The maximum Gasteiger partial charge on any atom is 0.0665 e. The van der Waals surface area contributed by atoms with Gasteiger partial charge in [0.15, 0.2) is 0 Å². The van der Waals surface area contributed by atoms with Gasteiger partial charge in [-0.1, -0.05) is 19.8 Å². The first-order chi connectivity index (χ1) is 8.85. The summed E-state index contributed by atoms with van der Waals surface area (Å²) in [5.41, 5.74) is 0.480. The molecule has 1 N–H and O–H groups in total. The molecule has 2 unspecified atom stereocenters. The molecule has 1 heterocycles. The molecule has 3 nitrogen and oxygen atoms in total. The number of hydrogen-bond donors (Lipinski definition) is 1. The van der Waals surface area contributed by atoms with Gasteiger partial charge in [0.2, 0.25) is 0 Å². The smallest absolute Gasteiger partial charge is 0.0665 e. The molecule has 3 heteroatoms. The van der Waals surface area contributed by atoms with Crippen LogP contribution in [-0.4, -0.2) is 38.0 Å². The van der Waals surface area contributed by atoms with Crippen molar-refractivity contribution in [3.63, 3.8) is 0 Å². The zero-order valence-electron chi connectivity index (χ0n) is 11.6. The molecule has 0 bridgehead atoms. The van der Waals surface area contributed by atoms with Crippen molar-refractivity contribution in [2.24, 2.45) is 5.41 Å². The highest BCUT2D eigenvalue weighted by molar-refractivity contribution is 5.10. The number of rotatable bonds is 4. The Labute approximate surface area is 111 Å². The first-order valence-electron chi connectivity index (χ1n) is 7.82. The van der Waals surface area contributed by atoms with Gasteiger partial charge in [-0.05, 0) is 38.6 Å². The van der Waals surface area contributed by atoms with Crippen LogP contribution in [0.5, 0.6) is 0 Å². The molecule has 1 saturated heterocycles. The van der Waals surface area contributed by atoms with E-state index in [1.54, 1.807) is 0 Å². The van der Waals surface area contributed by atoms with E-state index >= 15 is 0 Å². The van der Waals surface area contributed by atoms with Crippen molar-refractivity contribution in [2.75, 3.05) is 19.8 Å². The van der Waals surface area contributed by atoms with Crippen molar-refractivity contribution < 1.29 is 9.47 Å². The molecule has 1 spiro atoms. The largest absolute Gasteiger partial charge is 0.381 e. The molecule has 3 rings (SSSR count). The third-order valence-corrected chi connectivity index (χ3v) is 5.30. The van der Waals surface area contributed by atoms with Crippen molar-refractivity contribution in [1.29, 1.82) is 0 Å². The molecular formula is C15H27NO2. The third kappa shape index (κ3) is 2.21. The monoisotopic (exact) mass is 253 g/mol. The van der Waals surface area contributed by atoms with Crippen LogP contribution in [0.3, 0.4) is 0 Å². The van der Waals surface area contributed by atoms with Crippen LogP contribution in [0, 0.1) is 5.41 Å². The second-order valence-corrected chi connectivity index (χ2v) is 6.22. The quantitative estimate of drug-likeness (QED) is 0.835. The summed E-state index contributed by atoms with van der Waals surface area (Å²) in [4.78, 5) is 0. The zero-order chi connectivity index (χ0) is 12.4. The molecule has 0 amide bonds. The van der Waals surface area contributed by atoms with E-state index in [2.05, 4.69) is 12.2 Å². The van der Waals surface area contributed by atoms with E-state index < -0.39 is 0 Å². The maximum absolute atomic E-state index is 6.42. The number of ether oxygens (including phenoxy) is 2. The van der Waals surface area contributed by atoms with Crippen LogP contribution < -0.4 is 5.32 Å². The molecule has 1 aliphatic heterocycles. The van der Waals surface area contributed by atoms with Crippen LogP contribution in [0.15, 0.2) is 0 Å². The summed E-state index contributed by atoms with van der Waals surface area (Å²) in [6.07, 6.45) is 9.94. The van der Waals surface area contributed by atoms with Crippen molar-refractivity contribution in [3.05, 3.63) is 0 Å². The van der Waals surface area contributed by atoms with Gasteiger partial charge in [0.25, 0.3) is 0 Å². The minimum Gasteiger partial charge on any atom is -0.381 e. The fourth-order valence-electron chi connectivity index (χ4n) is 4.22. The van der Waals surface area contributed by atoms with Gasteiger partial charge in [-0.25, -0.2) is 0 Å². The summed E-state index contributed by atoms with van der Waals surface area (Å²) in [5.74, 6) is 0. The summed E-state index contributed by atoms with van der Waals surface area (Å²) in [7, 11) is 0. The van der Waals surface area contributed by atoms with E-state index in [1.807, 2.05) is 0 Å². The van der Waals surface area contributed by atoms with E-state index in [0.29, 0.717) is 17.6 Å². The molecule has 0 aromatic heterocycles. The molecule has 0 aromatic rings. The summed E-state index contributed by atoms with van der Waals surface area (Å²) in [6, 6.07) is 0.717. The Balaban J connectivity index is 1.59. The van der Waals surface area contributed by atoms with Gasteiger partial charge >= 0.3 is 0 Å². The lowest BCUT2D eigenvalue weighted by molar-refractivity contribution is -0.175. The van der Waals surface area contributed by atoms with Crippen LogP contribution in [0.25, 0.3) is 0 Å². The molecule has 2 atom stereocenters. The molecule has 2 aliphatic carbocycles. The van der Waals surface area contributed by atoms with Gasteiger partial charge in [-0.3, -0.25) is 0 Å². The van der Waals surface area contributed by atoms with Crippen LogP contribution in [0.2, 0.25) is 0 Å². The molecule has 0 radical (unpaired) electrons. The average molecular weight is 253 g/mol. The van der Waals surface area contributed by atoms with Gasteiger partial charge in [0.05, 0.1) is 12.2 Å². The molecule has 18 heavy (non-hydrogen) atoms. The Morgan fingerprint density at radius 1 is 1.22 bits per heavy atom. The standard InChI is InChI=1S/C15H27NO2/c1-2-16-13-11-14(15(13)7-3-4-8-15)18-12-5-9-17-10-6-12/h12-14,16H,2-11H2,1H3. The average Bonchev–Trinajstić information content (AvgIpc) is 2.91. The van der Waals surface area contributed by atoms with Crippen molar-refractivity contribution in [1.82, 2.24) is 5.32 Å². The van der Waals surface area contributed by atoms with Crippen LogP contribution >= 0.6 is 0 Å². The van der Waals surface area contributed by atoms with E-state index in [-0.39, 0.29) is 0 Å². The minimum atomic E-state index is 0.462. The van der Waals surface area contributed by atoms with Gasteiger partial charge in [-0.2, -0.15) is 0 Å². The summed E-state index contributed by atoms with van der Waals surface area (Å²) >= 11 is 0. The molecular weight excluding hydrogens is 226 g/mol. The molecule has 2 saturated carbocycles. The Kier molecular flexibility index (Phi) is 3.92. The van der Waals surface area contributed by atoms with Gasteiger partial charge in [0.1, 0.15) is 0 Å². The topological polar surface area (TPSA) is 30.5 Å². The van der Waals surface area contributed by atoms with E-state index in [0.717, 1.165) is 38.6 Å². The molecule has 104 valence electrons. The third-order valence-electron chi connectivity index (χ3n) is 5.30. The van der Waals surface area contributed by atoms with Crippen molar-refractivity contribution in [2.45, 2.75) is 70.1 Å². The van der Waals surface area contributed by atoms with Crippen LogP contribution in [0.4, 0.5) is 0 Å². The van der Waals surface area contributed by atoms with Crippen LogP contribution in [-0.2, 0) is 9.47 Å². The van der Waals surface area contributed by atoms with E-state index in [4.69, 9.17) is 9.47 Å². The van der Waals surface area contributed by atoms with E-state index in [1.165, 1.54) is 32.1 Å². The number of hydrogen-bond acceptors (Lipinski definition) is 3. The van der Waals surface area contributed by atoms with Crippen molar-refractivity contribution >= 4 is 0 Å². The highest BCUT2D eigenvalue weighted by atomic mass is 16.5. The Hall–Kier alpha value is -0.120. The Bertz CT molecular complexity index is 270.